The summed E-state index contributed by atoms with van der Waals surface area (Å²) >= 11 is 7.73. The van der Waals surface area contributed by atoms with E-state index in [1.54, 1.807) is 18.3 Å². The third kappa shape index (κ3) is 6.24. The van der Waals surface area contributed by atoms with Crippen LogP contribution in [-0.4, -0.2) is 70.7 Å². The molecule has 1 atom stereocenters. The van der Waals surface area contributed by atoms with Crippen molar-refractivity contribution in [1.29, 1.82) is 0 Å². The van der Waals surface area contributed by atoms with Gasteiger partial charge in [-0.25, -0.2) is 15.0 Å². The molecule has 0 saturated carbocycles. The van der Waals surface area contributed by atoms with E-state index in [1.165, 1.54) is 11.3 Å². The topological polar surface area (TPSA) is 78.8 Å². The number of likely N-dealkylation sites (N-methyl/N-ethyl adjacent to an activating group) is 1. The smallest absolute Gasteiger partial charge is 0.322 e. The highest BCUT2D eigenvalue weighted by molar-refractivity contribution is 7.18. The van der Waals surface area contributed by atoms with Crippen molar-refractivity contribution < 1.29 is 4.74 Å². The molecule has 2 aromatic heterocycles. The van der Waals surface area contributed by atoms with E-state index in [9.17, 15) is 0 Å². The van der Waals surface area contributed by atoms with Crippen LogP contribution in [0.3, 0.4) is 0 Å². The number of nitrogens with one attached hydrogen (secondary N) is 1. The summed E-state index contributed by atoms with van der Waals surface area (Å²) in [7, 11) is 2.18. The first kappa shape index (κ1) is 23.9. The normalized spacial score (nSPS) is 18.9. The number of halogens is 1. The molecular weight excluding hydrogens is 482 g/mol. The number of rotatable bonds is 7. The number of hydrogen-bond donors (Lipinski definition) is 1. The molecule has 182 valence electrons. The third-order valence-electron chi connectivity index (χ3n) is 5.99. The number of aryl methyl sites for hydroxylation is 1. The summed E-state index contributed by atoms with van der Waals surface area (Å²) < 4.78 is 5.83. The van der Waals surface area contributed by atoms with E-state index in [2.05, 4.69) is 54.4 Å². The van der Waals surface area contributed by atoms with Crippen LogP contribution in [0.15, 0.2) is 53.4 Å². The molecule has 0 spiro atoms. The molecule has 8 nitrogen and oxygen atoms in total. The van der Waals surface area contributed by atoms with Crippen molar-refractivity contribution in [3.63, 3.8) is 0 Å². The van der Waals surface area contributed by atoms with E-state index in [4.69, 9.17) is 16.3 Å². The number of para-hydroxylation sites is 1. The Bertz CT molecular complexity index is 1240. The number of nitrogens with zero attached hydrogens (tertiary/aromatic N) is 6. The van der Waals surface area contributed by atoms with Crippen LogP contribution in [0.2, 0.25) is 5.02 Å². The summed E-state index contributed by atoms with van der Waals surface area (Å²) in [5.41, 5.74) is 1.55. The lowest BCUT2D eigenvalue weighted by Gasteiger charge is -2.34. The van der Waals surface area contributed by atoms with Gasteiger partial charge in [-0.05, 0) is 44.7 Å². The summed E-state index contributed by atoms with van der Waals surface area (Å²) in [5, 5.41) is 4.61. The van der Waals surface area contributed by atoms with Gasteiger partial charge in [0, 0.05) is 56.7 Å². The van der Waals surface area contributed by atoms with Gasteiger partial charge in [0.1, 0.15) is 11.6 Å². The highest BCUT2D eigenvalue weighted by atomic mass is 35.5. The Morgan fingerprint density at radius 2 is 2.00 bits per heavy atom. The molecule has 35 heavy (non-hydrogen) atoms. The number of anilines is 1. The Morgan fingerprint density at radius 1 is 1.17 bits per heavy atom. The van der Waals surface area contributed by atoms with E-state index in [1.807, 2.05) is 25.1 Å². The lowest BCUT2D eigenvalue weighted by atomic mass is 10.0. The zero-order chi connectivity index (χ0) is 24.2. The molecule has 0 aliphatic carbocycles. The Morgan fingerprint density at radius 3 is 2.77 bits per heavy atom. The summed E-state index contributed by atoms with van der Waals surface area (Å²) in [6.45, 7) is 7.51. The fourth-order valence-electron chi connectivity index (χ4n) is 4.03. The summed E-state index contributed by atoms with van der Waals surface area (Å²) in [5.74, 6) is 1.81. The fourth-order valence-corrected chi connectivity index (χ4v) is 4.99. The zero-order valence-electron chi connectivity index (χ0n) is 19.8. The monoisotopic (exact) mass is 509 g/mol. The second kappa shape index (κ2) is 10.8. The minimum atomic E-state index is 0.252. The fraction of sp³-hybridized carbons (Fsp3) is 0.360. The zero-order valence-corrected chi connectivity index (χ0v) is 21.4. The number of ether oxygens (including phenoxy) is 1. The van der Waals surface area contributed by atoms with Crippen LogP contribution in [0, 0.1) is 12.8 Å². The molecule has 1 unspecified atom stereocenters. The van der Waals surface area contributed by atoms with Gasteiger partial charge in [-0.15, -0.1) is 0 Å². The predicted molar refractivity (Wildman–Crippen MR) is 142 cm³/mol. The van der Waals surface area contributed by atoms with Crippen molar-refractivity contribution in [2.45, 2.75) is 13.3 Å². The second-order valence-electron chi connectivity index (χ2n) is 8.83. The van der Waals surface area contributed by atoms with Crippen molar-refractivity contribution in [2.24, 2.45) is 10.9 Å². The van der Waals surface area contributed by atoms with Crippen LogP contribution in [0.4, 0.5) is 5.13 Å². The minimum absolute atomic E-state index is 0.252. The van der Waals surface area contributed by atoms with Gasteiger partial charge in [0.15, 0.2) is 5.13 Å². The van der Waals surface area contributed by atoms with Crippen LogP contribution >= 0.6 is 22.9 Å². The van der Waals surface area contributed by atoms with Gasteiger partial charge in [-0.2, -0.15) is 4.98 Å². The van der Waals surface area contributed by atoms with Crippen molar-refractivity contribution >= 4 is 34.3 Å². The molecule has 1 fully saturated rings. The lowest BCUT2D eigenvalue weighted by Crippen LogP contribution is -2.46. The number of piperazine rings is 1. The van der Waals surface area contributed by atoms with Gasteiger partial charge in [0.05, 0.1) is 15.6 Å². The first-order chi connectivity index (χ1) is 17.0. The van der Waals surface area contributed by atoms with Crippen LogP contribution in [0.1, 0.15) is 12.1 Å². The van der Waals surface area contributed by atoms with E-state index < -0.39 is 0 Å². The third-order valence-corrected chi connectivity index (χ3v) is 7.24. The van der Waals surface area contributed by atoms with E-state index >= 15 is 0 Å². The van der Waals surface area contributed by atoms with Gasteiger partial charge in [-0.3, -0.25) is 0 Å². The number of allylic oxidation sites excluding steroid dienone is 1. The number of benzene rings is 1. The molecule has 1 N–H and O–H groups in total. The highest BCUT2D eigenvalue weighted by Crippen LogP contribution is 2.32. The van der Waals surface area contributed by atoms with Gasteiger partial charge in [0.2, 0.25) is 0 Å². The molecule has 2 aliphatic rings. The summed E-state index contributed by atoms with van der Waals surface area (Å²) in [4.78, 5) is 24.0. The highest BCUT2D eigenvalue weighted by Gasteiger charge is 2.19. The Balaban J connectivity index is 1.21. The van der Waals surface area contributed by atoms with E-state index in [-0.39, 0.29) is 6.01 Å². The first-order valence-electron chi connectivity index (χ1n) is 11.7. The van der Waals surface area contributed by atoms with Gasteiger partial charge in [0.25, 0.3) is 0 Å². The molecule has 5 rings (SSSR count). The molecule has 10 heteroatoms. The molecule has 1 saturated heterocycles. The number of hydrogen-bond acceptors (Lipinski definition) is 9. The van der Waals surface area contributed by atoms with Crippen LogP contribution < -0.4 is 10.1 Å². The average Bonchev–Trinajstić information content (AvgIpc) is 3.32. The quantitative estimate of drug-likeness (QED) is 0.483. The van der Waals surface area contributed by atoms with Crippen molar-refractivity contribution in [2.75, 3.05) is 45.1 Å². The molecule has 0 bridgehead atoms. The Labute approximate surface area is 214 Å². The molecule has 0 amide bonds. The molecule has 1 aromatic carbocycles. The summed E-state index contributed by atoms with van der Waals surface area (Å²) in [6.07, 6.45) is 7.01. The van der Waals surface area contributed by atoms with Crippen molar-refractivity contribution in [1.82, 2.24) is 24.8 Å². The molecule has 0 radical (unpaired) electrons. The largest absolute Gasteiger partial charge is 0.423 e. The maximum absolute atomic E-state index is 6.21. The van der Waals surface area contributed by atoms with Crippen LogP contribution in [0.25, 0.3) is 10.6 Å². The lowest BCUT2D eigenvalue weighted by molar-refractivity contribution is 0.146. The van der Waals surface area contributed by atoms with Crippen molar-refractivity contribution in [3.05, 3.63) is 59.1 Å². The average molecular weight is 510 g/mol. The Kier molecular flexibility index (Phi) is 7.38. The standard InChI is InChI=1S/C25H28ClN7OS/c1-17-13-20(30-24(29-17)34-21-6-4-3-5-19(21)26)22-15-28-25(35-22)31-23-8-7-18(14-27-23)16-33-11-9-32(2)10-12-33/h3-6,8,13-15,18H,7,9-12,16H2,1-2H3,(H,28,31). The van der Waals surface area contributed by atoms with E-state index in [0.717, 1.165) is 66.4 Å². The van der Waals surface area contributed by atoms with E-state index in [0.29, 0.717) is 16.7 Å². The van der Waals surface area contributed by atoms with Gasteiger partial charge in [-0.1, -0.05) is 35.1 Å². The van der Waals surface area contributed by atoms with Crippen LogP contribution in [0.5, 0.6) is 11.8 Å². The molecule has 2 aliphatic heterocycles. The first-order valence-corrected chi connectivity index (χ1v) is 12.9. The molecular formula is C25H28ClN7OS. The second-order valence-corrected chi connectivity index (χ2v) is 10.3. The minimum Gasteiger partial charge on any atom is -0.423 e. The van der Waals surface area contributed by atoms with Gasteiger partial charge < -0.3 is 19.9 Å². The number of aromatic nitrogens is 3. The SMILES string of the molecule is Cc1cc(-c2cnc(NC3=CCC(CN4CCN(C)CC4)C=N3)s2)nc(Oc2ccccc2Cl)n1. The van der Waals surface area contributed by atoms with Crippen molar-refractivity contribution in [3.8, 4) is 22.3 Å². The summed E-state index contributed by atoms with van der Waals surface area (Å²) in [6, 6.07) is 9.43. The number of aliphatic imine (C=N–C) groups is 1. The molecule has 4 heterocycles. The maximum atomic E-state index is 6.21. The molecule has 3 aromatic rings. The van der Waals surface area contributed by atoms with Crippen LogP contribution in [-0.2, 0) is 0 Å². The maximum Gasteiger partial charge on any atom is 0.322 e. The predicted octanol–water partition coefficient (Wildman–Crippen LogP) is 4.95. The Hall–Kier alpha value is -2.85. The van der Waals surface area contributed by atoms with Gasteiger partial charge >= 0.3 is 6.01 Å². The number of thiazole rings is 1.